The smallest absolute Gasteiger partial charge is 0.216 e. The van der Waals surface area contributed by atoms with E-state index >= 15 is 0 Å². The molecule has 0 radical (unpaired) electrons. The molecule has 1 heterocycles. The van der Waals surface area contributed by atoms with Crippen molar-refractivity contribution in [1.29, 1.82) is 0 Å². The van der Waals surface area contributed by atoms with E-state index in [9.17, 15) is 0 Å². The third-order valence-corrected chi connectivity index (χ3v) is 3.08. The SMILES string of the molecule is COc1c(CNC(C)C(C)C)c(C)nn1C. The van der Waals surface area contributed by atoms with Gasteiger partial charge in [-0.25, -0.2) is 4.68 Å². The van der Waals surface area contributed by atoms with E-state index in [0.717, 1.165) is 23.7 Å². The van der Waals surface area contributed by atoms with Gasteiger partial charge in [0.25, 0.3) is 0 Å². The highest BCUT2D eigenvalue weighted by molar-refractivity contribution is 5.30. The number of hydrogen-bond donors (Lipinski definition) is 1. The molecule has 0 aliphatic heterocycles. The number of aromatic nitrogens is 2. The van der Waals surface area contributed by atoms with Crippen LogP contribution in [0.1, 0.15) is 32.0 Å². The minimum atomic E-state index is 0.490. The fourth-order valence-electron chi connectivity index (χ4n) is 1.64. The largest absolute Gasteiger partial charge is 0.481 e. The van der Waals surface area contributed by atoms with Gasteiger partial charge in [0, 0.05) is 19.6 Å². The molecular weight excluding hydrogens is 202 g/mol. The van der Waals surface area contributed by atoms with E-state index in [0.29, 0.717) is 12.0 Å². The minimum Gasteiger partial charge on any atom is -0.481 e. The summed E-state index contributed by atoms with van der Waals surface area (Å²) in [6.45, 7) is 9.45. The lowest BCUT2D eigenvalue weighted by molar-refractivity contribution is 0.363. The molecule has 0 aromatic carbocycles. The van der Waals surface area contributed by atoms with Crippen LogP contribution in [-0.4, -0.2) is 22.9 Å². The highest BCUT2D eigenvalue weighted by Gasteiger charge is 2.15. The number of hydrogen-bond acceptors (Lipinski definition) is 3. The van der Waals surface area contributed by atoms with Gasteiger partial charge in [-0.2, -0.15) is 5.10 Å². The minimum absolute atomic E-state index is 0.490. The van der Waals surface area contributed by atoms with Crippen LogP contribution in [-0.2, 0) is 13.6 Å². The number of rotatable bonds is 5. The van der Waals surface area contributed by atoms with Gasteiger partial charge in [-0.1, -0.05) is 13.8 Å². The third-order valence-electron chi connectivity index (χ3n) is 3.08. The first-order valence-corrected chi connectivity index (χ1v) is 5.77. The van der Waals surface area contributed by atoms with Crippen molar-refractivity contribution in [2.24, 2.45) is 13.0 Å². The monoisotopic (exact) mass is 225 g/mol. The van der Waals surface area contributed by atoms with Crippen molar-refractivity contribution in [2.75, 3.05) is 7.11 Å². The Morgan fingerprint density at radius 1 is 1.38 bits per heavy atom. The summed E-state index contributed by atoms with van der Waals surface area (Å²) in [5.74, 6) is 1.48. The predicted octanol–water partition coefficient (Wildman–Crippen LogP) is 1.87. The Hall–Kier alpha value is -1.03. The van der Waals surface area contributed by atoms with Crippen LogP contribution in [0.3, 0.4) is 0 Å². The molecule has 1 aromatic rings. The van der Waals surface area contributed by atoms with E-state index in [-0.39, 0.29) is 0 Å². The van der Waals surface area contributed by atoms with E-state index in [1.165, 1.54) is 0 Å². The predicted molar refractivity (Wildman–Crippen MR) is 65.6 cm³/mol. The first kappa shape index (κ1) is 13.0. The molecule has 4 nitrogen and oxygen atoms in total. The summed E-state index contributed by atoms with van der Waals surface area (Å²) in [5.41, 5.74) is 2.18. The zero-order chi connectivity index (χ0) is 12.3. The van der Waals surface area contributed by atoms with Crippen LogP contribution < -0.4 is 10.1 Å². The van der Waals surface area contributed by atoms with E-state index in [4.69, 9.17) is 4.74 Å². The first-order chi connectivity index (χ1) is 7.47. The maximum atomic E-state index is 5.35. The normalized spacial score (nSPS) is 13.2. The number of methoxy groups -OCH3 is 1. The lowest BCUT2D eigenvalue weighted by Gasteiger charge is -2.17. The number of nitrogens with zero attached hydrogens (tertiary/aromatic N) is 2. The molecule has 1 N–H and O–H groups in total. The second-order valence-electron chi connectivity index (χ2n) is 4.61. The molecule has 0 saturated carbocycles. The molecule has 0 aliphatic carbocycles. The van der Waals surface area contributed by atoms with Gasteiger partial charge in [0.2, 0.25) is 5.88 Å². The molecule has 92 valence electrons. The second kappa shape index (κ2) is 5.34. The van der Waals surface area contributed by atoms with Gasteiger partial charge in [0.15, 0.2) is 0 Å². The van der Waals surface area contributed by atoms with Gasteiger partial charge in [0.1, 0.15) is 0 Å². The second-order valence-corrected chi connectivity index (χ2v) is 4.61. The molecule has 4 heteroatoms. The summed E-state index contributed by atoms with van der Waals surface area (Å²) in [5, 5.41) is 7.85. The molecule has 0 amide bonds. The number of nitrogens with one attached hydrogen (secondary N) is 1. The fraction of sp³-hybridized carbons (Fsp3) is 0.750. The Labute approximate surface area is 98.0 Å². The average molecular weight is 225 g/mol. The average Bonchev–Trinajstić information content (AvgIpc) is 2.48. The summed E-state index contributed by atoms with van der Waals surface area (Å²) >= 11 is 0. The van der Waals surface area contributed by atoms with Gasteiger partial charge in [-0.05, 0) is 19.8 Å². The fourth-order valence-corrected chi connectivity index (χ4v) is 1.64. The Balaban J connectivity index is 2.73. The summed E-state index contributed by atoms with van der Waals surface area (Å²) in [7, 11) is 3.59. The Bertz CT molecular complexity index is 344. The third kappa shape index (κ3) is 2.76. The highest BCUT2D eigenvalue weighted by Crippen LogP contribution is 2.20. The van der Waals surface area contributed by atoms with Gasteiger partial charge in [-0.15, -0.1) is 0 Å². The molecule has 0 saturated heterocycles. The molecule has 0 aliphatic rings. The van der Waals surface area contributed by atoms with Crippen molar-refractivity contribution in [3.63, 3.8) is 0 Å². The number of aryl methyl sites for hydroxylation is 2. The van der Waals surface area contributed by atoms with E-state index < -0.39 is 0 Å². The molecule has 1 rings (SSSR count). The Morgan fingerprint density at radius 2 is 2.00 bits per heavy atom. The summed E-state index contributed by atoms with van der Waals surface area (Å²) in [6.07, 6.45) is 0. The van der Waals surface area contributed by atoms with Crippen molar-refractivity contribution in [1.82, 2.24) is 15.1 Å². The highest BCUT2D eigenvalue weighted by atomic mass is 16.5. The maximum Gasteiger partial charge on any atom is 0.216 e. The van der Waals surface area contributed by atoms with Crippen molar-refractivity contribution in [2.45, 2.75) is 40.3 Å². The standard InChI is InChI=1S/C12H23N3O/c1-8(2)9(3)13-7-11-10(4)14-15(5)12(11)16-6/h8-9,13H,7H2,1-6H3. The van der Waals surface area contributed by atoms with E-state index in [1.807, 2.05) is 14.0 Å². The molecule has 1 unspecified atom stereocenters. The molecule has 1 aromatic heterocycles. The Kier molecular flexibility index (Phi) is 4.35. The first-order valence-electron chi connectivity index (χ1n) is 5.77. The van der Waals surface area contributed by atoms with Crippen LogP contribution in [0.2, 0.25) is 0 Å². The van der Waals surface area contributed by atoms with Gasteiger partial charge >= 0.3 is 0 Å². The molecule has 0 fully saturated rings. The van der Waals surface area contributed by atoms with Crippen LogP contribution in [0.5, 0.6) is 5.88 Å². The van der Waals surface area contributed by atoms with Crippen LogP contribution in [0.4, 0.5) is 0 Å². The molecule has 0 spiro atoms. The molecule has 1 atom stereocenters. The van der Waals surface area contributed by atoms with Gasteiger partial charge in [-0.3, -0.25) is 0 Å². The van der Waals surface area contributed by atoms with Crippen LogP contribution >= 0.6 is 0 Å². The van der Waals surface area contributed by atoms with Crippen molar-refractivity contribution < 1.29 is 4.74 Å². The van der Waals surface area contributed by atoms with E-state index in [2.05, 4.69) is 31.2 Å². The summed E-state index contributed by atoms with van der Waals surface area (Å²) in [4.78, 5) is 0. The lowest BCUT2D eigenvalue weighted by atomic mass is 10.1. The van der Waals surface area contributed by atoms with Crippen LogP contribution in [0.15, 0.2) is 0 Å². The number of ether oxygens (including phenoxy) is 1. The van der Waals surface area contributed by atoms with Gasteiger partial charge < -0.3 is 10.1 Å². The Morgan fingerprint density at radius 3 is 2.50 bits per heavy atom. The van der Waals surface area contributed by atoms with Crippen LogP contribution in [0, 0.1) is 12.8 Å². The van der Waals surface area contributed by atoms with E-state index in [1.54, 1.807) is 11.8 Å². The summed E-state index contributed by atoms with van der Waals surface area (Å²) in [6, 6.07) is 0.490. The molecule has 0 bridgehead atoms. The molecular formula is C12H23N3O. The molecule has 16 heavy (non-hydrogen) atoms. The van der Waals surface area contributed by atoms with Crippen LogP contribution in [0.25, 0.3) is 0 Å². The maximum absolute atomic E-state index is 5.35. The van der Waals surface area contributed by atoms with Crippen molar-refractivity contribution in [3.8, 4) is 5.88 Å². The zero-order valence-corrected chi connectivity index (χ0v) is 11.2. The van der Waals surface area contributed by atoms with Gasteiger partial charge in [0.05, 0.1) is 18.4 Å². The topological polar surface area (TPSA) is 39.1 Å². The van der Waals surface area contributed by atoms with Crippen molar-refractivity contribution >= 4 is 0 Å². The quantitative estimate of drug-likeness (QED) is 0.831. The summed E-state index contributed by atoms with van der Waals surface area (Å²) < 4.78 is 7.13. The lowest BCUT2D eigenvalue weighted by Crippen LogP contribution is -2.30. The van der Waals surface area contributed by atoms with Crippen molar-refractivity contribution in [3.05, 3.63) is 11.3 Å². The zero-order valence-electron chi connectivity index (χ0n) is 11.2.